The highest BCUT2D eigenvalue weighted by molar-refractivity contribution is 5.30. The molecule has 0 saturated carbocycles. The summed E-state index contributed by atoms with van der Waals surface area (Å²) in [4.78, 5) is 7.26. The molecule has 2 atom stereocenters. The maximum absolute atomic E-state index is 13.6. The predicted molar refractivity (Wildman–Crippen MR) is 96.2 cm³/mol. The fraction of sp³-hybridized carbons (Fsp3) is 0.684. The molecule has 0 bridgehead atoms. The summed E-state index contributed by atoms with van der Waals surface area (Å²) in [6.45, 7) is 8.41. The third-order valence-electron chi connectivity index (χ3n) is 5.60. The first kappa shape index (κ1) is 18.6. The number of aliphatic hydroxyl groups excluding tert-OH is 1. The number of likely N-dealkylation sites (N-methyl/N-ethyl adjacent to an activating group) is 1. The molecule has 2 heterocycles. The maximum atomic E-state index is 13.6. The summed E-state index contributed by atoms with van der Waals surface area (Å²) < 4.78 is 18.6. The third kappa shape index (κ3) is 4.70. The van der Waals surface area contributed by atoms with Crippen molar-refractivity contribution in [1.82, 2.24) is 14.7 Å². The van der Waals surface area contributed by atoms with Gasteiger partial charge in [0.25, 0.3) is 0 Å². The van der Waals surface area contributed by atoms with E-state index in [1.807, 2.05) is 6.07 Å². The summed E-state index contributed by atoms with van der Waals surface area (Å²) in [5, 5.41) is 9.79. The van der Waals surface area contributed by atoms with Gasteiger partial charge < -0.3 is 19.6 Å². The van der Waals surface area contributed by atoms with Crippen molar-refractivity contribution in [3.63, 3.8) is 0 Å². The zero-order valence-corrected chi connectivity index (χ0v) is 15.3. The Hall–Kier alpha value is -1.21. The minimum Gasteiger partial charge on any atom is -0.494 e. The van der Waals surface area contributed by atoms with Gasteiger partial charge in [0.15, 0.2) is 11.6 Å². The number of ether oxygens (including phenoxy) is 1. The highest BCUT2D eigenvalue weighted by Gasteiger charge is 2.33. The average Bonchev–Trinajstić information content (AvgIpc) is 3.00. The second-order valence-electron chi connectivity index (χ2n) is 7.47. The van der Waals surface area contributed by atoms with Crippen molar-refractivity contribution in [2.75, 3.05) is 66.6 Å². The number of hydrogen-bond acceptors (Lipinski definition) is 5. The van der Waals surface area contributed by atoms with Crippen LogP contribution in [0.15, 0.2) is 18.2 Å². The minimum atomic E-state index is -0.325. The molecule has 2 fully saturated rings. The first-order valence-electron chi connectivity index (χ1n) is 9.15. The number of likely N-dealkylation sites (tertiary alicyclic amines) is 1. The fourth-order valence-corrected chi connectivity index (χ4v) is 4.00. The number of rotatable bonds is 6. The van der Waals surface area contributed by atoms with E-state index in [4.69, 9.17) is 4.74 Å². The molecule has 2 aliphatic heterocycles. The Morgan fingerprint density at radius 3 is 2.52 bits per heavy atom. The molecule has 0 aromatic heterocycles. The van der Waals surface area contributed by atoms with E-state index in [1.54, 1.807) is 6.07 Å². The van der Waals surface area contributed by atoms with Crippen LogP contribution < -0.4 is 4.74 Å². The standard InChI is InChI=1S/C19H30FN3O2/c1-21-5-7-22(8-6-21)11-16-12-23(13-17(16)14-24)10-15-3-4-18(20)19(9-15)25-2/h3-4,9,16-17,24H,5-8,10-14H2,1-2H3/t16-,17-/m1/s1. The molecule has 0 radical (unpaired) electrons. The molecule has 3 rings (SSSR count). The van der Waals surface area contributed by atoms with Crippen LogP contribution in [0.1, 0.15) is 5.56 Å². The molecule has 0 amide bonds. The Kier molecular flexibility index (Phi) is 6.28. The quantitative estimate of drug-likeness (QED) is 0.832. The number of aliphatic hydroxyl groups is 1. The van der Waals surface area contributed by atoms with Gasteiger partial charge in [-0.25, -0.2) is 4.39 Å². The van der Waals surface area contributed by atoms with Crippen molar-refractivity contribution in [2.24, 2.45) is 11.8 Å². The van der Waals surface area contributed by atoms with Gasteiger partial charge in [-0.2, -0.15) is 0 Å². The van der Waals surface area contributed by atoms with Gasteiger partial charge in [-0.1, -0.05) is 6.07 Å². The topological polar surface area (TPSA) is 39.2 Å². The Bertz CT molecular complexity index is 564. The molecule has 0 aliphatic carbocycles. The zero-order valence-electron chi connectivity index (χ0n) is 15.3. The predicted octanol–water partition coefficient (Wildman–Crippen LogP) is 1.12. The molecule has 2 saturated heterocycles. The first-order chi connectivity index (χ1) is 12.1. The fourth-order valence-electron chi connectivity index (χ4n) is 4.00. The van der Waals surface area contributed by atoms with Crippen molar-refractivity contribution in [3.8, 4) is 5.75 Å². The average molecular weight is 351 g/mol. The minimum absolute atomic E-state index is 0.238. The van der Waals surface area contributed by atoms with Crippen LogP contribution in [0.4, 0.5) is 4.39 Å². The number of halogens is 1. The van der Waals surface area contributed by atoms with E-state index < -0.39 is 0 Å². The molecular weight excluding hydrogens is 321 g/mol. The number of piperazine rings is 1. The first-order valence-corrected chi connectivity index (χ1v) is 9.15. The second-order valence-corrected chi connectivity index (χ2v) is 7.47. The normalized spacial score (nSPS) is 26.2. The highest BCUT2D eigenvalue weighted by atomic mass is 19.1. The summed E-state index contributed by atoms with van der Waals surface area (Å²) in [7, 11) is 3.66. The lowest BCUT2D eigenvalue weighted by Crippen LogP contribution is -2.47. The Morgan fingerprint density at radius 1 is 1.12 bits per heavy atom. The van der Waals surface area contributed by atoms with Gasteiger partial charge in [-0.3, -0.25) is 4.90 Å². The van der Waals surface area contributed by atoms with Gasteiger partial charge in [-0.05, 0) is 36.6 Å². The van der Waals surface area contributed by atoms with Crippen LogP contribution in [-0.2, 0) is 6.54 Å². The van der Waals surface area contributed by atoms with E-state index in [0.29, 0.717) is 17.6 Å². The van der Waals surface area contributed by atoms with E-state index in [9.17, 15) is 9.50 Å². The van der Waals surface area contributed by atoms with Crippen LogP contribution in [-0.4, -0.2) is 86.4 Å². The summed E-state index contributed by atoms with van der Waals surface area (Å²) >= 11 is 0. The Labute approximate surface area is 150 Å². The third-order valence-corrected chi connectivity index (χ3v) is 5.60. The molecule has 6 heteroatoms. The summed E-state index contributed by atoms with van der Waals surface area (Å²) in [5.41, 5.74) is 1.05. The largest absolute Gasteiger partial charge is 0.494 e. The lowest BCUT2D eigenvalue weighted by Gasteiger charge is -2.34. The number of benzene rings is 1. The molecule has 1 N–H and O–H groups in total. The molecule has 1 aromatic rings. The Balaban J connectivity index is 1.57. The van der Waals surface area contributed by atoms with Crippen molar-refractivity contribution >= 4 is 0 Å². The summed E-state index contributed by atoms with van der Waals surface area (Å²) in [5.74, 6) is 0.788. The number of methoxy groups -OCH3 is 1. The van der Waals surface area contributed by atoms with Crippen molar-refractivity contribution in [2.45, 2.75) is 6.54 Å². The molecular formula is C19H30FN3O2. The lowest BCUT2D eigenvalue weighted by atomic mass is 9.96. The molecule has 2 aliphatic rings. The van der Waals surface area contributed by atoms with Gasteiger partial charge in [0.1, 0.15) is 0 Å². The van der Waals surface area contributed by atoms with Gasteiger partial charge in [0.2, 0.25) is 0 Å². The van der Waals surface area contributed by atoms with Gasteiger partial charge >= 0.3 is 0 Å². The van der Waals surface area contributed by atoms with Crippen LogP contribution >= 0.6 is 0 Å². The van der Waals surface area contributed by atoms with E-state index >= 15 is 0 Å². The lowest BCUT2D eigenvalue weighted by molar-refractivity contribution is 0.116. The molecule has 0 unspecified atom stereocenters. The van der Waals surface area contributed by atoms with Crippen molar-refractivity contribution in [1.29, 1.82) is 0 Å². The smallest absolute Gasteiger partial charge is 0.165 e. The summed E-state index contributed by atoms with van der Waals surface area (Å²) in [6, 6.07) is 5.06. The van der Waals surface area contributed by atoms with E-state index in [-0.39, 0.29) is 12.4 Å². The van der Waals surface area contributed by atoms with Crippen LogP contribution in [0.5, 0.6) is 5.75 Å². The zero-order chi connectivity index (χ0) is 17.8. The second kappa shape index (κ2) is 8.45. The summed E-state index contributed by atoms with van der Waals surface area (Å²) in [6.07, 6.45) is 0. The highest BCUT2D eigenvalue weighted by Crippen LogP contribution is 2.27. The van der Waals surface area contributed by atoms with Crippen LogP contribution in [0, 0.1) is 17.7 Å². The molecule has 1 aromatic carbocycles. The van der Waals surface area contributed by atoms with Crippen LogP contribution in [0.25, 0.3) is 0 Å². The molecule has 25 heavy (non-hydrogen) atoms. The maximum Gasteiger partial charge on any atom is 0.165 e. The molecule has 5 nitrogen and oxygen atoms in total. The van der Waals surface area contributed by atoms with Gasteiger partial charge in [-0.15, -0.1) is 0 Å². The SMILES string of the molecule is COc1cc(CN2C[C@@H](CN3CCN(C)CC3)[C@@H](CO)C2)ccc1F. The van der Waals surface area contributed by atoms with Crippen molar-refractivity contribution < 1.29 is 14.2 Å². The Morgan fingerprint density at radius 2 is 1.84 bits per heavy atom. The van der Waals surface area contributed by atoms with E-state index in [0.717, 1.165) is 57.9 Å². The van der Waals surface area contributed by atoms with Crippen molar-refractivity contribution in [3.05, 3.63) is 29.6 Å². The number of hydrogen-bond donors (Lipinski definition) is 1. The van der Waals surface area contributed by atoms with Gasteiger partial charge in [0.05, 0.1) is 7.11 Å². The van der Waals surface area contributed by atoms with E-state index in [2.05, 4.69) is 21.7 Å². The van der Waals surface area contributed by atoms with Gasteiger partial charge in [0, 0.05) is 59.0 Å². The monoisotopic (exact) mass is 351 g/mol. The molecule has 140 valence electrons. The number of nitrogens with zero attached hydrogens (tertiary/aromatic N) is 3. The van der Waals surface area contributed by atoms with E-state index in [1.165, 1.54) is 13.2 Å². The molecule has 0 spiro atoms. The van der Waals surface area contributed by atoms with Crippen LogP contribution in [0.2, 0.25) is 0 Å². The van der Waals surface area contributed by atoms with Crippen LogP contribution in [0.3, 0.4) is 0 Å².